The van der Waals surface area contributed by atoms with E-state index in [0.29, 0.717) is 5.92 Å². The number of carbonyl (C=O) groups is 1. The second kappa shape index (κ2) is 5.52. The van der Waals surface area contributed by atoms with E-state index < -0.39 is 23.2 Å². The van der Waals surface area contributed by atoms with Crippen molar-refractivity contribution in [1.82, 2.24) is 5.32 Å². The van der Waals surface area contributed by atoms with Gasteiger partial charge < -0.3 is 10.7 Å². The lowest BCUT2D eigenvalue weighted by Crippen LogP contribution is -2.27. The van der Waals surface area contributed by atoms with Gasteiger partial charge in [-0.05, 0) is 30.9 Å². The van der Waals surface area contributed by atoms with Gasteiger partial charge in [0.2, 0.25) is 0 Å². The summed E-state index contributed by atoms with van der Waals surface area (Å²) in [5, 5.41) is 2.77. The Labute approximate surface area is 110 Å². The third-order valence-corrected chi connectivity index (χ3v) is 3.35. The quantitative estimate of drug-likeness (QED) is 0.567. The van der Waals surface area contributed by atoms with E-state index in [1.807, 2.05) is 5.43 Å². The van der Waals surface area contributed by atoms with Gasteiger partial charge in [-0.3, -0.25) is 10.6 Å². The molecule has 4 N–H and O–H groups in total. The minimum Gasteiger partial charge on any atom is -0.349 e. The van der Waals surface area contributed by atoms with E-state index in [-0.39, 0.29) is 11.6 Å². The Morgan fingerprint density at radius 1 is 1.42 bits per heavy atom. The summed E-state index contributed by atoms with van der Waals surface area (Å²) in [6, 6.07) is 2.08. The van der Waals surface area contributed by atoms with Crippen molar-refractivity contribution in [1.29, 1.82) is 0 Å². The summed E-state index contributed by atoms with van der Waals surface area (Å²) in [5.41, 5.74) is 1.46. The van der Waals surface area contributed by atoms with Gasteiger partial charge in [-0.25, -0.2) is 8.78 Å². The first-order valence-electron chi connectivity index (χ1n) is 6.33. The van der Waals surface area contributed by atoms with Crippen LogP contribution in [0.2, 0.25) is 0 Å². The van der Waals surface area contributed by atoms with E-state index in [1.165, 1.54) is 0 Å². The van der Waals surface area contributed by atoms with Crippen molar-refractivity contribution in [2.24, 2.45) is 11.8 Å². The molecule has 104 valence electrons. The van der Waals surface area contributed by atoms with E-state index >= 15 is 0 Å². The van der Waals surface area contributed by atoms with Crippen LogP contribution < -0.4 is 16.6 Å². The zero-order valence-electron chi connectivity index (χ0n) is 10.7. The van der Waals surface area contributed by atoms with Crippen LogP contribution in [0.15, 0.2) is 12.1 Å². The summed E-state index contributed by atoms with van der Waals surface area (Å²) in [5.74, 6) is 3.27. The fourth-order valence-corrected chi connectivity index (χ4v) is 2.21. The van der Waals surface area contributed by atoms with Crippen LogP contribution in [-0.2, 0) is 0 Å². The first-order valence-corrected chi connectivity index (χ1v) is 6.33. The van der Waals surface area contributed by atoms with Gasteiger partial charge >= 0.3 is 0 Å². The monoisotopic (exact) mass is 269 g/mol. The van der Waals surface area contributed by atoms with Crippen molar-refractivity contribution in [2.75, 3.05) is 5.43 Å². The van der Waals surface area contributed by atoms with Crippen LogP contribution in [-0.4, -0.2) is 11.9 Å². The number of hydrazine groups is 1. The lowest BCUT2D eigenvalue weighted by atomic mass is 10.1. The SMILES string of the molecule is CCCC1CC1NC(=O)c1cc(F)c(NN)c(F)c1. The molecule has 2 unspecified atom stereocenters. The van der Waals surface area contributed by atoms with Crippen molar-refractivity contribution in [3.8, 4) is 0 Å². The molecular weight excluding hydrogens is 252 g/mol. The number of hydrogen-bond acceptors (Lipinski definition) is 3. The van der Waals surface area contributed by atoms with Crippen LogP contribution in [0.4, 0.5) is 14.5 Å². The van der Waals surface area contributed by atoms with Gasteiger partial charge in [-0.1, -0.05) is 13.3 Å². The topological polar surface area (TPSA) is 67.2 Å². The molecule has 0 heterocycles. The number of benzene rings is 1. The number of carbonyl (C=O) groups excluding carboxylic acids is 1. The molecule has 6 heteroatoms. The molecule has 2 atom stereocenters. The Kier molecular flexibility index (Phi) is 3.99. The highest BCUT2D eigenvalue weighted by atomic mass is 19.1. The Balaban J connectivity index is 2.04. The molecule has 1 saturated carbocycles. The number of halogens is 2. The van der Waals surface area contributed by atoms with Gasteiger partial charge in [-0.2, -0.15) is 0 Å². The lowest BCUT2D eigenvalue weighted by Gasteiger charge is -2.08. The first kappa shape index (κ1) is 13.7. The molecule has 0 saturated heterocycles. The molecule has 1 aliphatic rings. The highest BCUT2D eigenvalue weighted by molar-refractivity contribution is 5.95. The molecular formula is C13H17F2N3O. The minimum atomic E-state index is -0.881. The van der Waals surface area contributed by atoms with Crippen molar-refractivity contribution in [3.05, 3.63) is 29.3 Å². The molecule has 1 aromatic carbocycles. The number of amides is 1. The van der Waals surface area contributed by atoms with Crippen LogP contribution in [0, 0.1) is 17.6 Å². The maximum absolute atomic E-state index is 13.5. The first-order chi connectivity index (χ1) is 9.06. The fourth-order valence-electron chi connectivity index (χ4n) is 2.21. The standard InChI is InChI=1S/C13H17F2N3O/c1-2-3-7-6-11(7)17-13(19)8-4-9(14)12(18-16)10(15)5-8/h4-5,7,11,18H,2-3,6,16H2,1H3,(H,17,19). The highest BCUT2D eigenvalue weighted by Gasteiger charge is 2.37. The third-order valence-electron chi connectivity index (χ3n) is 3.35. The second-order valence-electron chi connectivity index (χ2n) is 4.82. The molecule has 0 aromatic heterocycles. The number of anilines is 1. The van der Waals surface area contributed by atoms with Crippen molar-refractivity contribution >= 4 is 11.6 Å². The van der Waals surface area contributed by atoms with Crippen LogP contribution in [0.25, 0.3) is 0 Å². The Hall–Kier alpha value is -1.69. The fraction of sp³-hybridized carbons (Fsp3) is 0.462. The largest absolute Gasteiger partial charge is 0.349 e. The van der Waals surface area contributed by atoms with Crippen molar-refractivity contribution < 1.29 is 13.6 Å². The summed E-state index contributed by atoms with van der Waals surface area (Å²) >= 11 is 0. The number of nitrogens with two attached hydrogens (primary N) is 1. The molecule has 0 spiro atoms. The molecule has 0 radical (unpaired) electrons. The van der Waals surface area contributed by atoms with Crippen LogP contribution in [0.5, 0.6) is 0 Å². The minimum absolute atomic E-state index is 0.0313. The predicted molar refractivity (Wildman–Crippen MR) is 68.4 cm³/mol. The summed E-state index contributed by atoms with van der Waals surface area (Å²) in [6.45, 7) is 2.08. The normalized spacial score (nSPS) is 21.1. The van der Waals surface area contributed by atoms with Gasteiger partial charge in [0.05, 0.1) is 0 Å². The molecule has 0 aliphatic heterocycles. The molecule has 1 aromatic rings. The number of nitrogen functional groups attached to an aromatic ring is 1. The van der Waals surface area contributed by atoms with Gasteiger partial charge in [0.1, 0.15) is 5.69 Å². The van der Waals surface area contributed by atoms with Crippen molar-refractivity contribution in [2.45, 2.75) is 32.2 Å². The summed E-state index contributed by atoms with van der Waals surface area (Å²) in [4.78, 5) is 11.9. The molecule has 1 fully saturated rings. The Morgan fingerprint density at radius 3 is 2.58 bits per heavy atom. The smallest absolute Gasteiger partial charge is 0.251 e. The van der Waals surface area contributed by atoms with Crippen LogP contribution in [0.3, 0.4) is 0 Å². The summed E-state index contributed by atoms with van der Waals surface area (Å²) < 4.78 is 26.9. The van der Waals surface area contributed by atoms with Crippen LogP contribution in [0.1, 0.15) is 36.5 Å². The lowest BCUT2D eigenvalue weighted by molar-refractivity contribution is 0.0948. The summed E-state index contributed by atoms with van der Waals surface area (Å²) in [7, 11) is 0. The number of hydrogen-bond donors (Lipinski definition) is 3. The Bertz CT molecular complexity index is 470. The second-order valence-corrected chi connectivity index (χ2v) is 4.82. The van der Waals surface area contributed by atoms with Gasteiger partial charge in [0.15, 0.2) is 11.6 Å². The summed E-state index contributed by atoms with van der Waals surface area (Å²) in [6.07, 6.45) is 3.06. The number of nitrogens with one attached hydrogen (secondary N) is 2. The Morgan fingerprint density at radius 2 is 2.05 bits per heavy atom. The molecule has 1 amide bonds. The molecule has 0 bridgehead atoms. The van der Waals surface area contributed by atoms with Gasteiger partial charge in [0.25, 0.3) is 5.91 Å². The average Bonchev–Trinajstić information content (AvgIpc) is 3.07. The maximum Gasteiger partial charge on any atom is 0.251 e. The predicted octanol–water partition coefficient (Wildman–Crippen LogP) is 2.17. The third kappa shape index (κ3) is 3.01. The van der Waals surface area contributed by atoms with Crippen LogP contribution >= 0.6 is 0 Å². The molecule has 2 rings (SSSR count). The van der Waals surface area contributed by atoms with E-state index in [0.717, 1.165) is 31.4 Å². The maximum atomic E-state index is 13.5. The highest BCUT2D eigenvalue weighted by Crippen LogP contribution is 2.34. The zero-order chi connectivity index (χ0) is 14.0. The van der Waals surface area contributed by atoms with E-state index in [9.17, 15) is 13.6 Å². The molecule has 1 aliphatic carbocycles. The van der Waals surface area contributed by atoms with E-state index in [2.05, 4.69) is 12.2 Å². The zero-order valence-corrected chi connectivity index (χ0v) is 10.7. The number of rotatable bonds is 5. The van der Waals surface area contributed by atoms with Crippen molar-refractivity contribution in [3.63, 3.8) is 0 Å². The average molecular weight is 269 g/mol. The van der Waals surface area contributed by atoms with Gasteiger partial charge in [0, 0.05) is 11.6 Å². The van der Waals surface area contributed by atoms with Gasteiger partial charge in [-0.15, -0.1) is 0 Å². The molecule has 4 nitrogen and oxygen atoms in total. The van der Waals surface area contributed by atoms with E-state index in [1.54, 1.807) is 0 Å². The molecule has 19 heavy (non-hydrogen) atoms. The van der Waals surface area contributed by atoms with E-state index in [4.69, 9.17) is 5.84 Å².